The first-order valence-corrected chi connectivity index (χ1v) is 7.68. The van der Waals surface area contributed by atoms with Crippen LogP contribution in [0, 0.1) is 0 Å². The molecule has 0 unspecified atom stereocenters. The molecular formula is C21H20O4. The Hall–Kier alpha value is -3.27. The summed E-state index contributed by atoms with van der Waals surface area (Å²) in [6.45, 7) is 5.65. The molecule has 0 saturated carbocycles. The predicted molar refractivity (Wildman–Crippen MR) is 101 cm³/mol. The number of aromatic hydroxyl groups is 1. The molecule has 0 bridgehead atoms. The van der Waals surface area contributed by atoms with Crippen LogP contribution < -0.4 is 4.74 Å². The number of hydrogen-bond acceptors (Lipinski definition) is 3. The Bertz CT molecular complexity index is 846. The van der Waals surface area contributed by atoms with Gasteiger partial charge in [-0.1, -0.05) is 66.8 Å². The second kappa shape index (κ2) is 8.02. The standard InChI is InChI=1S/C21H20O4/c1-14(2)9-11-16-17(12-10-15-7-5-4-6-8-15)20(21(23)24)18(22)13-19(16)25-3/h4-13,22H,1H2,2-3H3,(H,23,24). The van der Waals surface area contributed by atoms with Crippen molar-refractivity contribution in [2.75, 3.05) is 7.11 Å². The van der Waals surface area contributed by atoms with Gasteiger partial charge in [0.05, 0.1) is 7.11 Å². The molecule has 0 aliphatic carbocycles. The molecule has 0 heterocycles. The zero-order chi connectivity index (χ0) is 18.4. The zero-order valence-electron chi connectivity index (χ0n) is 14.2. The van der Waals surface area contributed by atoms with Crippen LogP contribution in [0.15, 0.2) is 54.6 Å². The maximum Gasteiger partial charge on any atom is 0.340 e. The highest BCUT2D eigenvalue weighted by molar-refractivity contribution is 5.99. The molecule has 4 nitrogen and oxygen atoms in total. The van der Waals surface area contributed by atoms with E-state index in [4.69, 9.17) is 4.74 Å². The van der Waals surface area contributed by atoms with Crippen molar-refractivity contribution in [1.29, 1.82) is 0 Å². The number of aromatic carboxylic acids is 1. The van der Waals surface area contributed by atoms with Gasteiger partial charge in [-0.15, -0.1) is 0 Å². The third kappa shape index (κ3) is 4.38. The summed E-state index contributed by atoms with van der Waals surface area (Å²) in [6.07, 6.45) is 6.95. The van der Waals surface area contributed by atoms with Gasteiger partial charge in [0.1, 0.15) is 17.1 Å². The molecule has 2 rings (SSSR count). The van der Waals surface area contributed by atoms with Gasteiger partial charge in [-0.2, -0.15) is 0 Å². The highest BCUT2D eigenvalue weighted by Crippen LogP contribution is 2.35. The highest BCUT2D eigenvalue weighted by atomic mass is 16.5. The molecule has 0 saturated heterocycles. The Labute approximate surface area is 147 Å². The molecule has 128 valence electrons. The van der Waals surface area contributed by atoms with Gasteiger partial charge in [0.15, 0.2) is 0 Å². The molecule has 2 aromatic carbocycles. The maximum atomic E-state index is 11.7. The maximum absolute atomic E-state index is 11.7. The van der Waals surface area contributed by atoms with Crippen molar-refractivity contribution in [1.82, 2.24) is 0 Å². The van der Waals surface area contributed by atoms with Crippen molar-refractivity contribution in [3.8, 4) is 11.5 Å². The third-order valence-electron chi connectivity index (χ3n) is 3.56. The summed E-state index contributed by atoms with van der Waals surface area (Å²) in [7, 11) is 1.47. The van der Waals surface area contributed by atoms with Gasteiger partial charge in [-0.25, -0.2) is 4.79 Å². The second-order valence-electron chi connectivity index (χ2n) is 5.53. The van der Waals surface area contributed by atoms with E-state index in [1.54, 1.807) is 24.3 Å². The summed E-state index contributed by atoms with van der Waals surface area (Å²) in [5, 5.41) is 19.7. The number of rotatable bonds is 6. The van der Waals surface area contributed by atoms with Crippen molar-refractivity contribution in [3.05, 3.63) is 76.9 Å². The van der Waals surface area contributed by atoms with Gasteiger partial charge in [-0.3, -0.25) is 0 Å². The lowest BCUT2D eigenvalue weighted by Gasteiger charge is -2.13. The minimum atomic E-state index is -1.21. The van der Waals surface area contributed by atoms with E-state index in [2.05, 4.69) is 6.58 Å². The predicted octanol–water partition coefficient (Wildman–Crippen LogP) is 4.86. The molecule has 0 radical (unpaired) electrons. The fourth-order valence-corrected chi connectivity index (χ4v) is 2.39. The van der Waals surface area contributed by atoms with Gasteiger partial charge in [0, 0.05) is 17.2 Å². The summed E-state index contributed by atoms with van der Waals surface area (Å²) in [6, 6.07) is 10.8. The number of methoxy groups -OCH3 is 1. The Kier molecular flexibility index (Phi) is 5.79. The van der Waals surface area contributed by atoms with E-state index in [1.165, 1.54) is 13.2 Å². The Morgan fingerprint density at radius 2 is 1.80 bits per heavy atom. The molecule has 0 atom stereocenters. The molecule has 4 heteroatoms. The number of benzene rings is 2. The fourth-order valence-electron chi connectivity index (χ4n) is 2.39. The number of carbonyl (C=O) groups is 1. The molecule has 0 aliphatic rings. The molecule has 0 fully saturated rings. The molecule has 0 aliphatic heterocycles. The number of phenols is 1. The van der Waals surface area contributed by atoms with Crippen LogP contribution in [0.5, 0.6) is 11.5 Å². The highest BCUT2D eigenvalue weighted by Gasteiger charge is 2.20. The van der Waals surface area contributed by atoms with Crippen LogP contribution in [0.1, 0.15) is 34.0 Å². The van der Waals surface area contributed by atoms with Crippen LogP contribution in [-0.4, -0.2) is 23.3 Å². The minimum absolute atomic E-state index is 0.172. The molecule has 25 heavy (non-hydrogen) atoms. The minimum Gasteiger partial charge on any atom is -0.507 e. The largest absolute Gasteiger partial charge is 0.507 e. The summed E-state index contributed by atoms with van der Waals surface area (Å²) < 4.78 is 5.32. The Balaban J connectivity index is 2.71. The first-order valence-electron chi connectivity index (χ1n) is 7.68. The van der Waals surface area contributed by atoms with Crippen LogP contribution in [0.4, 0.5) is 0 Å². The Morgan fingerprint density at radius 3 is 2.36 bits per heavy atom. The van der Waals surface area contributed by atoms with Gasteiger partial charge in [0.25, 0.3) is 0 Å². The first kappa shape index (κ1) is 18.1. The van der Waals surface area contributed by atoms with Gasteiger partial charge in [0.2, 0.25) is 0 Å². The van der Waals surface area contributed by atoms with Crippen molar-refractivity contribution in [3.63, 3.8) is 0 Å². The van der Waals surface area contributed by atoms with Crippen molar-refractivity contribution < 1.29 is 19.7 Å². The summed E-state index contributed by atoms with van der Waals surface area (Å²) in [5.41, 5.74) is 2.48. The number of carboxylic acids is 1. The fraction of sp³-hybridized carbons (Fsp3) is 0.0952. The van der Waals surface area contributed by atoms with Crippen molar-refractivity contribution in [2.24, 2.45) is 0 Å². The van der Waals surface area contributed by atoms with E-state index in [0.717, 1.165) is 11.1 Å². The molecular weight excluding hydrogens is 316 g/mol. The van der Waals surface area contributed by atoms with E-state index in [0.29, 0.717) is 16.9 Å². The second-order valence-corrected chi connectivity index (χ2v) is 5.53. The SMILES string of the molecule is C=C(C)C=Cc1c(OC)cc(O)c(C(=O)O)c1C=Cc1ccccc1. The van der Waals surface area contributed by atoms with Crippen LogP contribution in [0.2, 0.25) is 0 Å². The van der Waals surface area contributed by atoms with Crippen molar-refractivity contribution >= 4 is 24.2 Å². The van der Waals surface area contributed by atoms with E-state index in [9.17, 15) is 15.0 Å². The van der Waals surface area contributed by atoms with Gasteiger partial charge in [-0.05, 0) is 12.5 Å². The van der Waals surface area contributed by atoms with Gasteiger partial charge < -0.3 is 14.9 Å². The molecule has 2 aromatic rings. The summed E-state index contributed by atoms with van der Waals surface area (Å²) in [4.78, 5) is 11.7. The molecule has 0 amide bonds. The Morgan fingerprint density at radius 1 is 1.12 bits per heavy atom. The van der Waals surface area contributed by atoms with Gasteiger partial charge >= 0.3 is 5.97 Å². The quantitative estimate of drug-likeness (QED) is 0.584. The van der Waals surface area contributed by atoms with Crippen LogP contribution in [0.25, 0.3) is 18.2 Å². The van der Waals surface area contributed by atoms with E-state index >= 15 is 0 Å². The van der Waals surface area contributed by atoms with E-state index < -0.39 is 5.97 Å². The average Bonchev–Trinajstić information content (AvgIpc) is 2.58. The van der Waals surface area contributed by atoms with E-state index in [-0.39, 0.29) is 11.3 Å². The van der Waals surface area contributed by atoms with Crippen molar-refractivity contribution in [2.45, 2.75) is 6.92 Å². The first-order chi connectivity index (χ1) is 11.9. The lowest BCUT2D eigenvalue weighted by Crippen LogP contribution is -2.04. The average molecular weight is 336 g/mol. The molecule has 0 aromatic heterocycles. The number of carboxylic acid groups (broad SMARTS) is 1. The van der Waals surface area contributed by atoms with Crippen LogP contribution in [-0.2, 0) is 0 Å². The number of ether oxygens (including phenoxy) is 1. The third-order valence-corrected chi connectivity index (χ3v) is 3.56. The number of allylic oxidation sites excluding steroid dienone is 2. The lowest BCUT2D eigenvalue weighted by atomic mass is 9.96. The summed E-state index contributed by atoms with van der Waals surface area (Å²) in [5.74, 6) is -1.17. The summed E-state index contributed by atoms with van der Waals surface area (Å²) >= 11 is 0. The van der Waals surface area contributed by atoms with E-state index in [1.807, 2.05) is 37.3 Å². The van der Waals surface area contributed by atoms with Crippen LogP contribution in [0.3, 0.4) is 0 Å². The lowest BCUT2D eigenvalue weighted by molar-refractivity contribution is 0.0693. The van der Waals surface area contributed by atoms with Crippen LogP contribution >= 0.6 is 0 Å². The zero-order valence-corrected chi connectivity index (χ0v) is 14.2. The molecule has 0 spiro atoms. The number of hydrogen-bond donors (Lipinski definition) is 2. The monoisotopic (exact) mass is 336 g/mol. The molecule has 2 N–H and O–H groups in total. The topological polar surface area (TPSA) is 66.8 Å². The smallest absolute Gasteiger partial charge is 0.340 e. The normalized spacial score (nSPS) is 11.1.